The lowest BCUT2D eigenvalue weighted by Crippen LogP contribution is -2.06. The Morgan fingerprint density at radius 1 is 1.33 bits per heavy atom. The van der Waals surface area contributed by atoms with Crippen molar-refractivity contribution >= 4 is 5.78 Å². The Morgan fingerprint density at radius 2 is 2.07 bits per heavy atom. The van der Waals surface area contributed by atoms with Crippen molar-refractivity contribution in [3.05, 3.63) is 29.3 Å². The van der Waals surface area contributed by atoms with E-state index < -0.39 is 0 Å². The largest absolute Gasteiger partial charge is 0.491 e. The van der Waals surface area contributed by atoms with Gasteiger partial charge in [0.05, 0.1) is 6.61 Å². The van der Waals surface area contributed by atoms with Crippen LogP contribution in [-0.2, 0) is 4.74 Å². The van der Waals surface area contributed by atoms with Gasteiger partial charge in [0, 0.05) is 18.2 Å². The van der Waals surface area contributed by atoms with Crippen molar-refractivity contribution in [2.45, 2.75) is 13.8 Å². The van der Waals surface area contributed by atoms with Gasteiger partial charge in [0.2, 0.25) is 0 Å². The lowest BCUT2D eigenvalue weighted by atomic mass is 10.1. The average Bonchev–Trinajstić information content (AvgIpc) is 2.20. The zero-order valence-electron chi connectivity index (χ0n) is 9.37. The van der Waals surface area contributed by atoms with Crippen LogP contribution in [0.5, 0.6) is 5.75 Å². The molecular formula is C12H16O3. The topological polar surface area (TPSA) is 35.5 Å². The summed E-state index contributed by atoms with van der Waals surface area (Å²) < 4.78 is 10.4. The molecule has 0 fully saturated rings. The highest BCUT2D eigenvalue weighted by molar-refractivity contribution is 5.96. The lowest BCUT2D eigenvalue weighted by Gasteiger charge is -2.10. The normalized spacial score (nSPS) is 10.1. The van der Waals surface area contributed by atoms with Crippen LogP contribution in [-0.4, -0.2) is 26.1 Å². The first kappa shape index (κ1) is 11.7. The second kappa shape index (κ2) is 5.51. The summed E-state index contributed by atoms with van der Waals surface area (Å²) in [7, 11) is 1.63. The van der Waals surface area contributed by atoms with Crippen molar-refractivity contribution in [1.29, 1.82) is 0 Å². The minimum absolute atomic E-state index is 0.0599. The molecule has 0 spiro atoms. The maximum Gasteiger partial charge on any atom is 0.160 e. The third-order valence-electron chi connectivity index (χ3n) is 2.21. The standard InChI is InChI=1S/C12H16O3/c1-9-11(10(2)13)5-4-6-12(9)15-8-7-14-3/h4-6H,7-8H2,1-3H3. The van der Waals surface area contributed by atoms with E-state index in [0.29, 0.717) is 18.8 Å². The molecule has 3 nitrogen and oxygen atoms in total. The first-order valence-electron chi connectivity index (χ1n) is 4.89. The predicted molar refractivity (Wildman–Crippen MR) is 58.6 cm³/mol. The Labute approximate surface area is 90.0 Å². The zero-order valence-corrected chi connectivity index (χ0v) is 9.37. The molecule has 1 aromatic rings. The number of ether oxygens (including phenoxy) is 2. The molecule has 3 heteroatoms. The first-order chi connectivity index (χ1) is 7.16. The number of rotatable bonds is 5. The summed E-state index contributed by atoms with van der Waals surface area (Å²) in [5.74, 6) is 0.810. The molecule has 0 aliphatic carbocycles. The Morgan fingerprint density at radius 3 is 2.67 bits per heavy atom. The predicted octanol–water partition coefficient (Wildman–Crippen LogP) is 2.22. The Hall–Kier alpha value is -1.35. The van der Waals surface area contributed by atoms with Gasteiger partial charge in [-0.05, 0) is 19.9 Å². The van der Waals surface area contributed by atoms with Crippen molar-refractivity contribution < 1.29 is 14.3 Å². The van der Waals surface area contributed by atoms with E-state index in [4.69, 9.17) is 9.47 Å². The van der Waals surface area contributed by atoms with Crippen LogP contribution in [0.4, 0.5) is 0 Å². The van der Waals surface area contributed by atoms with E-state index in [-0.39, 0.29) is 5.78 Å². The van der Waals surface area contributed by atoms with Crippen LogP contribution in [0.1, 0.15) is 22.8 Å². The number of hydrogen-bond donors (Lipinski definition) is 0. The number of ketones is 1. The molecule has 0 aliphatic heterocycles. The van der Waals surface area contributed by atoms with E-state index in [2.05, 4.69) is 0 Å². The summed E-state index contributed by atoms with van der Waals surface area (Å²) >= 11 is 0. The highest BCUT2D eigenvalue weighted by Crippen LogP contribution is 2.21. The number of carbonyl (C=O) groups excluding carboxylic acids is 1. The molecule has 0 radical (unpaired) electrons. The van der Waals surface area contributed by atoms with Gasteiger partial charge in [0.25, 0.3) is 0 Å². The third kappa shape index (κ3) is 3.06. The molecule has 82 valence electrons. The van der Waals surface area contributed by atoms with Gasteiger partial charge in [-0.2, -0.15) is 0 Å². The molecule has 0 atom stereocenters. The number of Topliss-reactive ketones (excluding diaryl/α,β-unsaturated/α-hetero) is 1. The molecule has 0 heterocycles. The van der Waals surface area contributed by atoms with E-state index >= 15 is 0 Å². The van der Waals surface area contributed by atoms with Crippen LogP contribution >= 0.6 is 0 Å². The maximum atomic E-state index is 11.3. The number of carbonyl (C=O) groups is 1. The molecule has 15 heavy (non-hydrogen) atoms. The van der Waals surface area contributed by atoms with E-state index in [1.54, 1.807) is 20.1 Å². The molecule has 1 rings (SSSR count). The average molecular weight is 208 g/mol. The molecule has 0 amide bonds. The van der Waals surface area contributed by atoms with Crippen molar-refractivity contribution in [3.63, 3.8) is 0 Å². The van der Waals surface area contributed by atoms with Gasteiger partial charge < -0.3 is 9.47 Å². The van der Waals surface area contributed by atoms with Crippen LogP contribution in [0.25, 0.3) is 0 Å². The van der Waals surface area contributed by atoms with Gasteiger partial charge in [-0.3, -0.25) is 4.79 Å². The van der Waals surface area contributed by atoms with E-state index in [0.717, 1.165) is 11.3 Å². The summed E-state index contributed by atoms with van der Waals surface area (Å²) in [5, 5.41) is 0. The van der Waals surface area contributed by atoms with Crippen molar-refractivity contribution in [1.82, 2.24) is 0 Å². The van der Waals surface area contributed by atoms with Crippen LogP contribution in [0.3, 0.4) is 0 Å². The summed E-state index contributed by atoms with van der Waals surface area (Å²) in [6, 6.07) is 5.49. The molecule has 0 unspecified atom stereocenters. The highest BCUT2D eigenvalue weighted by atomic mass is 16.5. The van der Waals surface area contributed by atoms with Crippen LogP contribution < -0.4 is 4.74 Å². The quantitative estimate of drug-likeness (QED) is 0.550. The van der Waals surface area contributed by atoms with E-state index in [9.17, 15) is 4.79 Å². The summed E-state index contributed by atoms with van der Waals surface area (Å²) in [6.07, 6.45) is 0. The fourth-order valence-corrected chi connectivity index (χ4v) is 1.39. The molecule has 1 aromatic carbocycles. The maximum absolute atomic E-state index is 11.3. The summed E-state index contributed by atoms with van der Waals surface area (Å²) in [5.41, 5.74) is 1.60. The van der Waals surface area contributed by atoms with Gasteiger partial charge in [-0.15, -0.1) is 0 Å². The Bertz CT molecular complexity index is 345. The monoisotopic (exact) mass is 208 g/mol. The fraction of sp³-hybridized carbons (Fsp3) is 0.417. The molecule has 0 saturated heterocycles. The van der Waals surface area contributed by atoms with Gasteiger partial charge in [-0.1, -0.05) is 12.1 Å². The second-order valence-corrected chi connectivity index (χ2v) is 3.33. The van der Waals surface area contributed by atoms with Crippen LogP contribution in [0.2, 0.25) is 0 Å². The van der Waals surface area contributed by atoms with Gasteiger partial charge in [0.1, 0.15) is 12.4 Å². The number of methoxy groups -OCH3 is 1. The van der Waals surface area contributed by atoms with Crippen LogP contribution in [0.15, 0.2) is 18.2 Å². The Balaban J connectivity index is 2.80. The minimum atomic E-state index is 0.0599. The minimum Gasteiger partial charge on any atom is -0.491 e. The highest BCUT2D eigenvalue weighted by Gasteiger charge is 2.07. The molecule has 0 aliphatic rings. The molecular weight excluding hydrogens is 192 g/mol. The Kier molecular flexibility index (Phi) is 4.31. The number of benzene rings is 1. The lowest BCUT2D eigenvalue weighted by molar-refractivity contribution is 0.101. The SMILES string of the molecule is COCCOc1cccc(C(C)=O)c1C. The molecule has 0 aromatic heterocycles. The molecule has 0 saturated carbocycles. The summed E-state index contributed by atoms with van der Waals surface area (Å²) in [4.78, 5) is 11.3. The van der Waals surface area contributed by atoms with Crippen molar-refractivity contribution in [2.24, 2.45) is 0 Å². The number of hydrogen-bond acceptors (Lipinski definition) is 3. The zero-order chi connectivity index (χ0) is 11.3. The first-order valence-corrected chi connectivity index (χ1v) is 4.89. The second-order valence-electron chi connectivity index (χ2n) is 3.33. The van der Waals surface area contributed by atoms with Crippen molar-refractivity contribution in [3.8, 4) is 5.75 Å². The van der Waals surface area contributed by atoms with E-state index in [1.165, 1.54) is 0 Å². The fourth-order valence-electron chi connectivity index (χ4n) is 1.39. The van der Waals surface area contributed by atoms with Gasteiger partial charge >= 0.3 is 0 Å². The van der Waals surface area contributed by atoms with Crippen LogP contribution in [0, 0.1) is 6.92 Å². The van der Waals surface area contributed by atoms with Gasteiger partial charge in [0.15, 0.2) is 5.78 Å². The van der Waals surface area contributed by atoms with Gasteiger partial charge in [-0.25, -0.2) is 0 Å². The summed E-state index contributed by atoms with van der Waals surface area (Å²) in [6.45, 7) is 4.49. The third-order valence-corrected chi connectivity index (χ3v) is 2.21. The smallest absolute Gasteiger partial charge is 0.160 e. The molecule has 0 N–H and O–H groups in total. The van der Waals surface area contributed by atoms with E-state index in [1.807, 2.05) is 19.1 Å². The molecule has 0 bridgehead atoms. The van der Waals surface area contributed by atoms with Crippen molar-refractivity contribution in [2.75, 3.05) is 20.3 Å².